The number of hydrogen-bond donors (Lipinski definition) is 1. The van der Waals surface area contributed by atoms with Crippen LogP contribution in [-0.4, -0.2) is 64.1 Å². The summed E-state index contributed by atoms with van der Waals surface area (Å²) in [4.78, 5) is 21.5. The predicted molar refractivity (Wildman–Crippen MR) is 109 cm³/mol. The molecule has 2 saturated heterocycles. The maximum absolute atomic E-state index is 12.9. The summed E-state index contributed by atoms with van der Waals surface area (Å²) < 4.78 is 5.39. The number of hydrogen-bond acceptors (Lipinski definition) is 5. The summed E-state index contributed by atoms with van der Waals surface area (Å²) >= 11 is 0. The van der Waals surface area contributed by atoms with E-state index < -0.39 is 0 Å². The number of carbonyl (C=O) groups excluding carboxylic acids is 1. The first-order valence-corrected chi connectivity index (χ1v) is 10.9. The van der Waals surface area contributed by atoms with Crippen LogP contribution in [0.5, 0.6) is 0 Å². The lowest BCUT2D eigenvalue weighted by atomic mass is 9.74. The summed E-state index contributed by atoms with van der Waals surface area (Å²) in [6.45, 7) is 2.82. The van der Waals surface area contributed by atoms with Crippen LogP contribution in [-0.2, 0) is 4.79 Å². The van der Waals surface area contributed by atoms with Crippen LogP contribution in [0.3, 0.4) is 0 Å². The Hall–Kier alpha value is -2.18. The van der Waals surface area contributed by atoms with Gasteiger partial charge in [0, 0.05) is 42.6 Å². The predicted octanol–water partition coefficient (Wildman–Crippen LogP) is 2.89. The molecule has 1 amide bonds. The first-order valence-electron chi connectivity index (χ1n) is 10.9. The van der Waals surface area contributed by atoms with Crippen molar-refractivity contribution in [1.29, 1.82) is 0 Å². The van der Waals surface area contributed by atoms with Crippen molar-refractivity contribution >= 4 is 5.91 Å². The molecular weight excluding hydrogens is 366 g/mol. The fourth-order valence-corrected chi connectivity index (χ4v) is 5.28. The Morgan fingerprint density at radius 3 is 2.59 bits per heavy atom. The average molecular weight is 396 g/mol. The standard InChI is InChI=1S/C23H29N3O3/c27-14-20-22(17-8-6-16(7-9-17)21-12-24-15-29-21)19-13-25(10-1-2-11-26(19)20)23(28)18-4-3-5-18/h6-9,12,15,18-20,22,27H,1-5,10-11,13-14H2/t19-,20-,22+/m0/s1. The van der Waals surface area contributed by atoms with Gasteiger partial charge in [0.2, 0.25) is 5.91 Å². The fourth-order valence-electron chi connectivity index (χ4n) is 5.28. The van der Waals surface area contributed by atoms with E-state index in [0.717, 1.165) is 56.6 Å². The van der Waals surface area contributed by atoms with Crippen LogP contribution in [0.4, 0.5) is 0 Å². The minimum Gasteiger partial charge on any atom is -0.444 e. The lowest BCUT2D eigenvalue weighted by Crippen LogP contribution is -2.68. The molecule has 6 nitrogen and oxygen atoms in total. The van der Waals surface area contributed by atoms with E-state index in [1.54, 1.807) is 6.20 Å². The Labute approximate surface area is 171 Å². The minimum atomic E-state index is 0.134. The second kappa shape index (κ2) is 7.92. The number of amides is 1. The van der Waals surface area contributed by atoms with Crippen molar-refractivity contribution < 1.29 is 14.3 Å². The van der Waals surface area contributed by atoms with Gasteiger partial charge in [-0.1, -0.05) is 30.7 Å². The van der Waals surface area contributed by atoms with Crippen LogP contribution in [0.2, 0.25) is 0 Å². The Kier molecular flexibility index (Phi) is 5.14. The van der Waals surface area contributed by atoms with Gasteiger partial charge in [-0.25, -0.2) is 4.98 Å². The highest BCUT2D eigenvalue weighted by Gasteiger charge is 2.49. The number of fused-ring (bicyclic) bond motifs is 1. The van der Waals surface area contributed by atoms with Gasteiger partial charge in [-0.3, -0.25) is 9.69 Å². The Morgan fingerprint density at radius 2 is 1.93 bits per heavy atom. The normalized spacial score (nSPS) is 28.0. The van der Waals surface area contributed by atoms with E-state index >= 15 is 0 Å². The molecule has 1 saturated carbocycles. The minimum absolute atomic E-state index is 0.134. The third kappa shape index (κ3) is 3.38. The van der Waals surface area contributed by atoms with Gasteiger partial charge < -0.3 is 14.4 Å². The summed E-state index contributed by atoms with van der Waals surface area (Å²) in [5.41, 5.74) is 2.23. The second-order valence-electron chi connectivity index (χ2n) is 8.69. The molecule has 2 aromatic rings. The third-order valence-corrected chi connectivity index (χ3v) is 7.15. The first kappa shape index (κ1) is 18.8. The van der Waals surface area contributed by atoms with Crippen molar-refractivity contribution in [2.45, 2.75) is 50.1 Å². The van der Waals surface area contributed by atoms with E-state index in [1.165, 1.54) is 18.4 Å². The molecule has 3 aliphatic rings. The highest BCUT2D eigenvalue weighted by Crippen LogP contribution is 2.42. The van der Waals surface area contributed by atoms with Crippen LogP contribution in [0.1, 0.15) is 43.6 Å². The van der Waals surface area contributed by atoms with Gasteiger partial charge in [-0.15, -0.1) is 0 Å². The molecule has 3 atom stereocenters. The molecule has 1 aromatic heterocycles. The monoisotopic (exact) mass is 395 g/mol. The molecule has 1 aliphatic carbocycles. The van der Waals surface area contributed by atoms with E-state index in [2.05, 4.69) is 39.0 Å². The van der Waals surface area contributed by atoms with E-state index in [-0.39, 0.29) is 30.5 Å². The highest BCUT2D eigenvalue weighted by atomic mass is 16.3. The Bertz CT molecular complexity index is 832. The molecule has 5 rings (SSSR count). The van der Waals surface area contributed by atoms with Crippen LogP contribution in [0.15, 0.2) is 41.3 Å². The van der Waals surface area contributed by atoms with Crippen molar-refractivity contribution in [2.24, 2.45) is 5.92 Å². The molecule has 3 heterocycles. The summed E-state index contributed by atoms with van der Waals surface area (Å²) in [6, 6.07) is 8.82. The Morgan fingerprint density at radius 1 is 1.14 bits per heavy atom. The lowest BCUT2D eigenvalue weighted by molar-refractivity contribution is -0.143. The second-order valence-corrected chi connectivity index (χ2v) is 8.69. The highest BCUT2D eigenvalue weighted by molar-refractivity contribution is 5.79. The molecule has 1 N–H and O–H groups in total. The van der Waals surface area contributed by atoms with E-state index in [0.29, 0.717) is 5.91 Å². The summed E-state index contributed by atoms with van der Waals surface area (Å²) in [6.07, 6.45) is 8.58. The van der Waals surface area contributed by atoms with Crippen molar-refractivity contribution in [2.75, 3.05) is 26.2 Å². The number of carbonyl (C=O) groups is 1. The zero-order valence-corrected chi connectivity index (χ0v) is 16.7. The molecule has 0 unspecified atom stereocenters. The third-order valence-electron chi connectivity index (χ3n) is 7.15. The number of nitrogens with zero attached hydrogens (tertiary/aromatic N) is 3. The molecule has 0 radical (unpaired) electrons. The van der Waals surface area contributed by atoms with Gasteiger partial charge >= 0.3 is 0 Å². The molecule has 6 heteroatoms. The topological polar surface area (TPSA) is 69.8 Å². The average Bonchev–Trinajstić information content (AvgIpc) is 3.20. The fraction of sp³-hybridized carbons (Fsp3) is 0.565. The molecule has 154 valence electrons. The zero-order valence-electron chi connectivity index (χ0n) is 16.7. The lowest BCUT2D eigenvalue weighted by Gasteiger charge is -2.57. The van der Waals surface area contributed by atoms with Gasteiger partial charge in [0.25, 0.3) is 0 Å². The number of aliphatic hydroxyl groups is 1. The summed E-state index contributed by atoms with van der Waals surface area (Å²) in [5.74, 6) is 1.61. The van der Waals surface area contributed by atoms with Crippen LogP contribution < -0.4 is 0 Å². The van der Waals surface area contributed by atoms with Crippen molar-refractivity contribution in [3.05, 3.63) is 42.4 Å². The number of aromatic nitrogens is 1. The van der Waals surface area contributed by atoms with Crippen molar-refractivity contribution in [3.63, 3.8) is 0 Å². The Balaban J connectivity index is 1.37. The maximum atomic E-state index is 12.9. The van der Waals surface area contributed by atoms with Gasteiger partial charge in [-0.2, -0.15) is 0 Å². The van der Waals surface area contributed by atoms with Gasteiger partial charge in [0.05, 0.1) is 12.8 Å². The largest absolute Gasteiger partial charge is 0.444 e. The first-order chi connectivity index (χ1) is 14.3. The molecule has 0 spiro atoms. The van der Waals surface area contributed by atoms with Gasteiger partial charge in [0.15, 0.2) is 12.2 Å². The molecule has 2 aliphatic heterocycles. The van der Waals surface area contributed by atoms with Crippen LogP contribution in [0, 0.1) is 5.92 Å². The molecular formula is C23H29N3O3. The molecule has 3 fully saturated rings. The van der Waals surface area contributed by atoms with Crippen LogP contribution >= 0.6 is 0 Å². The maximum Gasteiger partial charge on any atom is 0.225 e. The molecule has 1 aromatic carbocycles. The van der Waals surface area contributed by atoms with Gasteiger partial charge in [-0.05, 0) is 37.8 Å². The van der Waals surface area contributed by atoms with E-state index in [4.69, 9.17) is 4.42 Å². The molecule has 0 bridgehead atoms. The zero-order chi connectivity index (χ0) is 19.8. The quantitative estimate of drug-likeness (QED) is 0.862. The smallest absolute Gasteiger partial charge is 0.225 e. The summed E-state index contributed by atoms with van der Waals surface area (Å²) in [7, 11) is 0. The van der Waals surface area contributed by atoms with Gasteiger partial charge in [0.1, 0.15) is 0 Å². The summed E-state index contributed by atoms with van der Waals surface area (Å²) in [5, 5.41) is 10.1. The van der Waals surface area contributed by atoms with E-state index in [1.807, 2.05) is 0 Å². The number of rotatable bonds is 4. The number of oxazole rings is 1. The molecule has 29 heavy (non-hydrogen) atoms. The van der Waals surface area contributed by atoms with Crippen LogP contribution in [0.25, 0.3) is 11.3 Å². The van der Waals surface area contributed by atoms with Crippen molar-refractivity contribution in [1.82, 2.24) is 14.8 Å². The SMILES string of the molecule is O=C(C1CCC1)N1CCCCN2[C@@H](CO)[C@H](c3ccc(-c4cnco4)cc3)[C@@H]2C1. The van der Waals surface area contributed by atoms with E-state index in [9.17, 15) is 9.90 Å². The number of benzene rings is 1. The van der Waals surface area contributed by atoms with Crippen molar-refractivity contribution in [3.8, 4) is 11.3 Å². The number of aliphatic hydroxyl groups excluding tert-OH is 1.